The summed E-state index contributed by atoms with van der Waals surface area (Å²) < 4.78 is 0. The van der Waals surface area contributed by atoms with Gasteiger partial charge in [0.25, 0.3) is 0 Å². The van der Waals surface area contributed by atoms with Crippen LogP contribution in [0.2, 0.25) is 0 Å². The van der Waals surface area contributed by atoms with Crippen molar-refractivity contribution in [1.29, 1.82) is 0 Å². The van der Waals surface area contributed by atoms with Gasteiger partial charge < -0.3 is 20.6 Å². The van der Waals surface area contributed by atoms with Gasteiger partial charge in [0.2, 0.25) is 5.91 Å². The summed E-state index contributed by atoms with van der Waals surface area (Å²) in [5.74, 6) is -0.322. The molecule has 3 unspecified atom stereocenters. The molecule has 0 aliphatic heterocycles. The van der Waals surface area contributed by atoms with E-state index in [1.807, 2.05) is 6.08 Å². The molecule has 4 N–H and O–H groups in total. The highest BCUT2D eigenvalue weighted by Crippen LogP contribution is 2.14. The minimum atomic E-state index is -0.929. The molecule has 5 nitrogen and oxygen atoms in total. The lowest BCUT2D eigenvalue weighted by Crippen LogP contribution is -2.45. The van der Waals surface area contributed by atoms with Crippen LogP contribution in [0.5, 0.6) is 0 Å². The third-order valence-corrected chi connectivity index (χ3v) is 9.67. The summed E-state index contributed by atoms with van der Waals surface area (Å²) in [6, 6.07) is -0.745. The number of unbranched alkanes of at least 4 members (excludes halogenated alkanes) is 25. The van der Waals surface area contributed by atoms with Gasteiger partial charge in [0, 0.05) is 0 Å². The van der Waals surface area contributed by atoms with Gasteiger partial charge in [-0.25, -0.2) is 0 Å². The van der Waals surface area contributed by atoms with Crippen molar-refractivity contribution in [2.24, 2.45) is 0 Å². The Balaban J connectivity index is 3.66. The summed E-state index contributed by atoms with van der Waals surface area (Å²) in [5.41, 5.74) is 0. The third kappa shape index (κ3) is 36.2. The van der Waals surface area contributed by atoms with Crippen molar-refractivity contribution >= 4 is 5.91 Å². The second-order valence-corrected chi connectivity index (χ2v) is 14.6. The van der Waals surface area contributed by atoms with E-state index >= 15 is 0 Å². The van der Waals surface area contributed by atoms with Crippen molar-refractivity contribution in [3.8, 4) is 0 Å². The molecule has 5 heteroatoms. The van der Waals surface area contributed by atoms with E-state index in [1.165, 1.54) is 154 Å². The minimum Gasteiger partial charge on any atom is -0.394 e. The van der Waals surface area contributed by atoms with Crippen LogP contribution in [0.25, 0.3) is 0 Å². The molecule has 288 valence electrons. The summed E-state index contributed by atoms with van der Waals surface area (Å²) in [5, 5.41) is 33.1. The summed E-state index contributed by atoms with van der Waals surface area (Å²) in [7, 11) is 0. The Bertz CT molecular complexity index is 764. The molecule has 1 amide bonds. The van der Waals surface area contributed by atoms with Gasteiger partial charge in [-0.15, -0.1) is 0 Å². The Hall–Kier alpha value is -1.43. The normalized spacial score (nSPS) is 14.0. The molecule has 0 saturated heterocycles. The monoisotopic (exact) mass is 690 g/mol. The zero-order valence-electron chi connectivity index (χ0n) is 32.6. The van der Waals surface area contributed by atoms with Crippen molar-refractivity contribution in [3.05, 3.63) is 36.5 Å². The average Bonchev–Trinajstić information content (AvgIpc) is 3.09. The molecule has 0 fully saturated rings. The van der Waals surface area contributed by atoms with E-state index in [9.17, 15) is 20.1 Å². The van der Waals surface area contributed by atoms with Gasteiger partial charge in [-0.3, -0.25) is 4.79 Å². The van der Waals surface area contributed by atoms with Gasteiger partial charge in [0.1, 0.15) is 0 Å². The predicted octanol–water partition coefficient (Wildman–Crippen LogP) is 12.0. The van der Waals surface area contributed by atoms with E-state index in [0.717, 1.165) is 32.1 Å². The highest BCUT2D eigenvalue weighted by atomic mass is 16.3. The van der Waals surface area contributed by atoms with E-state index in [4.69, 9.17) is 0 Å². The highest BCUT2D eigenvalue weighted by molar-refractivity contribution is 5.76. The fourth-order valence-electron chi connectivity index (χ4n) is 6.37. The van der Waals surface area contributed by atoms with Crippen molar-refractivity contribution < 1.29 is 20.1 Å². The molecule has 0 aromatic rings. The molecule has 0 heterocycles. The second-order valence-electron chi connectivity index (χ2n) is 14.6. The number of nitrogens with one attached hydrogen (secondary N) is 1. The smallest absolute Gasteiger partial charge is 0.222 e. The molecule has 0 aliphatic carbocycles. The Morgan fingerprint density at radius 3 is 1.35 bits per heavy atom. The fourth-order valence-corrected chi connectivity index (χ4v) is 6.37. The van der Waals surface area contributed by atoms with Crippen LogP contribution in [-0.4, -0.2) is 46.1 Å². The van der Waals surface area contributed by atoms with E-state index in [0.29, 0.717) is 6.42 Å². The van der Waals surface area contributed by atoms with Crippen molar-refractivity contribution in [1.82, 2.24) is 5.32 Å². The molecule has 0 rings (SSSR count). The quantitative estimate of drug-likeness (QED) is 0.0384. The van der Waals surface area contributed by atoms with E-state index in [-0.39, 0.29) is 18.9 Å². The largest absolute Gasteiger partial charge is 0.394 e. The maximum Gasteiger partial charge on any atom is 0.222 e. The summed E-state index contributed by atoms with van der Waals surface area (Å²) in [6.45, 7) is 4.19. The molecular weight excluding hydrogens is 606 g/mol. The number of hydrogen-bond donors (Lipinski definition) is 4. The number of carbonyl (C=O) groups excluding carboxylic acids is 1. The Morgan fingerprint density at radius 2 is 0.918 bits per heavy atom. The Labute approximate surface area is 304 Å². The van der Waals surface area contributed by atoms with Crippen LogP contribution in [0.3, 0.4) is 0 Å². The number of amides is 1. The molecule has 0 saturated carbocycles. The molecule has 0 radical (unpaired) electrons. The third-order valence-electron chi connectivity index (χ3n) is 9.67. The first kappa shape index (κ1) is 47.6. The van der Waals surface area contributed by atoms with E-state index in [1.54, 1.807) is 6.08 Å². The molecule has 0 aliphatic rings. The van der Waals surface area contributed by atoms with Gasteiger partial charge in [-0.1, -0.05) is 192 Å². The lowest BCUT2D eigenvalue weighted by molar-refractivity contribution is -0.124. The minimum absolute atomic E-state index is 0.00793. The summed E-state index contributed by atoms with van der Waals surface area (Å²) >= 11 is 0. The second kappa shape index (κ2) is 39.4. The standard InChI is InChI=1S/C44H83NO4/c1-3-5-7-9-11-13-15-16-17-18-19-20-21-22-23-24-25-26-28-29-31-33-35-37-41(47)39-44(49)45-42(40-46)43(48)38-36-34-32-30-27-14-12-10-8-6-4-2/h19-20,22-23,36,38,41-43,46-48H,3-18,21,24-35,37,39-40H2,1-2H3,(H,45,49)/b20-19-,23-22-,38-36+. The molecule has 3 atom stereocenters. The summed E-state index contributed by atoms with van der Waals surface area (Å²) in [6.07, 6.45) is 48.6. The average molecular weight is 690 g/mol. The number of allylic oxidation sites excluding steroid dienone is 5. The van der Waals surface area contributed by atoms with Gasteiger partial charge >= 0.3 is 0 Å². The topological polar surface area (TPSA) is 89.8 Å². The lowest BCUT2D eigenvalue weighted by Gasteiger charge is -2.21. The van der Waals surface area contributed by atoms with Crippen LogP contribution in [-0.2, 0) is 4.79 Å². The molecule has 0 spiro atoms. The maximum atomic E-state index is 12.4. The first-order valence-electron chi connectivity index (χ1n) is 21.3. The number of carbonyl (C=O) groups is 1. The Morgan fingerprint density at radius 1 is 0.531 bits per heavy atom. The van der Waals surface area contributed by atoms with Crippen molar-refractivity contribution in [3.63, 3.8) is 0 Å². The van der Waals surface area contributed by atoms with Crippen LogP contribution in [0.4, 0.5) is 0 Å². The van der Waals surface area contributed by atoms with Crippen molar-refractivity contribution in [2.45, 2.75) is 231 Å². The number of aliphatic hydroxyl groups is 3. The van der Waals surface area contributed by atoms with Crippen LogP contribution in [0.1, 0.15) is 213 Å². The predicted molar refractivity (Wildman–Crippen MR) is 213 cm³/mol. The van der Waals surface area contributed by atoms with Gasteiger partial charge in [-0.2, -0.15) is 0 Å². The SMILES string of the molecule is CCCCCCCCCCC/C=C\C/C=C\CCCCCCCCCC(O)CC(=O)NC(CO)C(O)/C=C/CCCCCCCCCCC. The first-order chi connectivity index (χ1) is 24.0. The van der Waals surface area contributed by atoms with Crippen LogP contribution in [0.15, 0.2) is 36.5 Å². The summed E-state index contributed by atoms with van der Waals surface area (Å²) in [4.78, 5) is 12.4. The zero-order valence-corrected chi connectivity index (χ0v) is 32.6. The van der Waals surface area contributed by atoms with Crippen LogP contribution < -0.4 is 5.32 Å². The van der Waals surface area contributed by atoms with Gasteiger partial charge in [0.05, 0.1) is 31.3 Å². The van der Waals surface area contributed by atoms with Gasteiger partial charge in [0.15, 0.2) is 0 Å². The van der Waals surface area contributed by atoms with Crippen LogP contribution in [0, 0.1) is 0 Å². The molecule has 0 bridgehead atoms. The molecule has 49 heavy (non-hydrogen) atoms. The molecule has 0 aromatic carbocycles. The van der Waals surface area contributed by atoms with E-state index < -0.39 is 18.2 Å². The van der Waals surface area contributed by atoms with Gasteiger partial charge in [-0.05, 0) is 51.4 Å². The first-order valence-corrected chi connectivity index (χ1v) is 21.3. The molecular formula is C44H83NO4. The zero-order chi connectivity index (χ0) is 35.9. The lowest BCUT2D eigenvalue weighted by atomic mass is 10.0. The van der Waals surface area contributed by atoms with E-state index in [2.05, 4.69) is 43.5 Å². The highest BCUT2D eigenvalue weighted by Gasteiger charge is 2.20. The molecule has 0 aromatic heterocycles. The fraction of sp³-hybridized carbons (Fsp3) is 0.841. The van der Waals surface area contributed by atoms with Crippen LogP contribution >= 0.6 is 0 Å². The number of rotatable bonds is 38. The number of hydrogen-bond acceptors (Lipinski definition) is 4. The number of aliphatic hydroxyl groups excluding tert-OH is 3. The Kier molecular flexibility index (Phi) is 38.2. The van der Waals surface area contributed by atoms with Crippen molar-refractivity contribution in [2.75, 3.05) is 6.61 Å². The maximum absolute atomic E-state index is 12.4.